The average Bonchev–Trinajstić information content (AvgIpc) is 3.47. The van der Waals surface area contributed by atoms with E-state index in [1.807, 2.05) is 23.1 Å². The minimum absolute atomic E-state index is 0.140. The Morgan fingerprint density at radius 3 is 2.81 bits per heavy atom. The summed E-state index contributed by atoms with van der Waals surface area (Å²) in [4.78, 5) is 18.7. The largest absolute Gasteiger partial charge is 0.493 e. The maximum Gasteiger partial charge on any atom is 0.258 e. The SMILES string of the molecule is CC(=N)/C=C\C(=N)N1CCC(CCOc2ccccc2CN2CNc3sc4c(c3C2=O)CCC4)CC1. The molecule has 3 heterocycles. The standard InChI is InChI=1S/C28H35N5O2S/c1-19(29)9-10-25(30)32-14-11-20(12-15-32)13-16-35-23-7-3-2-5-21(23)17-33-18-31-27-26(28(33)34)22-6-4-8-24(22)36-27/h2-3,5,7,9-10,20,29-31H,4,6,8,11-18H2,1H3/b10-9-,29-19?,30-25?. The Morgan fingerprint density at radius 2 is 2.00 bits per heavy atom. The molecule has 1 fully saturated rings. The van der Waals surface area contributed by atoms with Crippen molar-refractivity contribution in [1.82, 2.24) is 9.80 Å². The molecule has 5 rings (SSSR count). The first-order valence-corrected chi connectivity index (χ1v) is 13.8. The number of likely N-dealkylation sites (tertiary alicyclic amines) is 1. The number of ether oxygens (including phenoxy) is 1. The predicted octanol–water partition coefficient (Wildman–Crippen LogP) is 5.32. The molecule has 0 saturated carbocycles. The predicted molar refractivity (Wildman–Crippen MR) is 146 cm³/mol. The molecule has 2 aromatic rings. The van der Waals surface area contributed by atoms with Crippen LogP contribution in [0, 0.1) is 16.7 Å². The first-order valence-electron chi connectivity index (χ1n) is 12.9. The molecule has 1 aromatic carbocycles. The van der Waals surface area contributed by atoms with Crippen LogP contribution >= 0.6 is 11.3 Å². The van der Waals surface area contributed by atoms with Gasteiger partial charge in [-0.25, -0.2) is 0 Å². The highest BCUT2D eigenvalue weighted by atomic mass is 32.1. The third kappa shape index (κ3) is 5.33. The molecule has 1 aliphatic carbocycles. The van der Waals surface area contributed by atoms with Crippen molar-refractivity contribution in [2.75, 3.05) is 31.7 Å². The Morgan fingerprint density at radius 1 is 1.19 bits per heavy atom. The number of hydrogen-bond acceptors (Lipinski definition) is 6. The van der Waals surface area contributed by atoms with Crippen LogP contribution < -0.4 is 10.1 Å². The number of hydrogen-bond donors (Lipinski definition) is 3. The second kappa shape index (κ2) is 10.9. The van der Waals surface area contributed by atoms with Crippen molar-refractivity contribution in [2.24, 2.45) is 5.92 Å². The highest BCUT2D eigenvalue weighted by molar-refractivity contribution is 7.16. The van der Waals surface area contributed by atoms with Crippen LogP contribution in [0.5, 0.6) is 5.75 Å². The van der Waals surface area contributed by atoms with Crippen molar-refractivity contribution in [3.8, 4) is 5.75 Å². The molecule has 3 aliphatic rings. The van der Waals surface area contributed by atoms with Gasteiger partial charge in [-0.3, -0.25) is 10.2 Å². The highest BCUT2D eigenvalue weighted by Gasteiger charge is 2.33. The number of carbonyl (C=O) groups is 1. The molecule has 36 heavy (non-hydrogen) atoms. The van der Waals surface area contributed by atoms with Crippen LogP contribution in [0.4, 0.5) is 5.00 Å². The lowest BCUT2D eigenvalue weighted by Gasteiger charge is -2.33. The summed E-state index contributed by atoms with van der Waals surface area (Å²) in [6, 6.07) is 8.07. The number of rotatable bonds is 8. The number of allylic oxidation sites excluding steroid dienone is 1. The number of nitrogens with zero attached hydrogens (tertiary/aromatic N) is 2. The summed E-state index contributed by atoms with van der Waals surface area (Å²) in [5.41, 5.74) is 3.68. The first kappa shape index (κ1) is 24.6. The Balaban J connectivity index is 1.13. The normalized spacial score (nSPS) is 17.8. The number of thiophene rings is 1. The fraction of sp³-hybridized carbons (Fsp3) is 0.464. The number of anilines is 1. The molecule has 0 bridgehead atoms. The lowest BCUT2D eigenvalue weighted by atomic mass is 9.94. The molecule has 190 valence electrons. The summed E-state index contributed by atoms with van der Waals surface area (Å²) in [6.07, 6.45) is 9.75. The molecule has 0 spiro atoms. The molecule has 3 N–H and O–H groups in total. The van der Waals surface area contributed by atoms with Gasteiger partial charge in [-0.05, 0) is 75.1 Å². The quantitative estimate of drug-likeness (QED) is 0.335. The number of fused-ring (bicyclic) bond motifs is 3. The van der Waals surface area contributed by atoms with Gasteiger partial charge in [-0.2, -0.15) is 0 Å². The number of piperidine rings is 1. The van der Waals surface area contributed by atoms with E-state index in [1.54, 1.807) is 30.4 Å². The molecule has 0 atom stereocenters. The number of benzene rings is 1. The number of amidine groups is 1. The summed E-state index contributed by atoms with van der Waals surface area (Å²) < 4.78 is 6.24. The minimum atomic E-state index is 0.140. The van der Waals surface area contributed by atoms with Crippen LogP contribution in [-0.2, 0) is 19.4 Å². The van der Waals surface area contributed by atoms with Crippen LogP contribution in [0.2, 0.25) is 0 Å². The molecule has 1 aromatic heterocycles. The zero-order valence-corrected chi connectivity index (χ0v) is 21.8. The third-order valence-corrected chi connectivity index (χ3v) is 8.67. The van der Waals surface area contributed by atoms with Crippen LogP contribution in [-0.4, -0.2) is 53.6 Å². The number of amides is 1. The van der Waals surface area contributed by atoms with E-state index in [0.29, 0.717) is 37.3 Å². The summed E-state index contributed by atoms with van der Waals surface area (Å²) >= 11 is 1.76. The fourth-order valence-corrected chi connectivity index (χ4v) is 6.64. The lowest BCUT2D eigenvalue weighted by Crippen LogP contribution is -2.39. The monoisotopic (exact) mass is 505 g/mol. The van der Waals surface area contributed by atoms with Gasteiger partial charge in [0.25, 0.3) is 5.91 Å². The van der Waals surface area contributed by atoms with Gasteiger partial charge in [0, 0.05) is 29.2 Å². The van der Waals surface area contributed by atoms with Crippen molar-refractivity contribution in [3.05, 3.63) is 58.0 Å². The maximum atomic E-state index is 13.3. The van der Waals surface area contributed by atoms with E-state index >= 15 is 0 Å². The van der Waals surface area contributed by atoms with Crippen LogP contribution in [0.3, 0.4) is 0 Å². The minimum Gasteiger partial charge on any atom is -0.493 e. The molecule has 1 saturated heterocycles. The third-order valence-electron chi connectivity index (χ3n) is 7.42. The number of aryl methyl sites for hydroxylation is 1. The van der Waals surface area contributed by atoms with E-state index in [0.717, 1.165) is 73.5 Å². The molecule has 8 heteroatoms. The molecular weight excluding hydrogens is 470 g/mol. The number of nitrogens with one attached hydrogen (secondary N) is 3. The van der Waals surface area contributed by atoms with Gasteiger partial charge < -0.3 is 25.3 Å². The smallest absolute Gasteiger partial charge is 0.258 e. The second-order valence-corrected chi connectivity index (χ2v) is 11.1. The van der Waals surface area contributed by atoms with Crippen molar-refractivity contribution < 1.29 is 9.53 Å². The van der Waals surface area contributed by atoms with Gasteiger partial charge in [-0.15, -0.1) is 11.3 Å². The Hall–Kier alpha value is -3.13. The van der Waals surface area contributed by atoms with Gasteiger partial charge in [0.05, 0.1) is 25.4 Å². The van der Waals surface area contributed by atoms with Gasteiger partial charge in [0.15, 0.2) is 0 Å². The molecular formula is C28H35N5O2S. The summed E-state index contributed by atoms with van der Waals surface area (Å²) in [5, 5.41) is 20.2. The van der Waals surface area contributed by atoms with Crippen LogP contribution in [0.1, 0.15) is 59.0 Å². The summed E-state index contributed by atoms with van der Waals surface area (Å²) in [7, 11) is 0. The van der Waals surface area contributed by atoms with Gasteiger partial charge in [0.2, 0.25) is 0 Å². The molecule has 7 nitrogen and oxygen atoms in total. The van der Waals surface area contributed by atoms with Crippen molar-refractivity contribution in [3.63, 3.8) is 0 Å². The maximum absolute atomic E-state index is 13.3. The zero-order valence-electron chi connectivity index (χ0n) is 20.9. The van der Waals surface area contributed by atoms with Crippen LogP contribution in [0.15, 0.2) is 36.4 Å². The summed E-state index contributed by atoms with van der Waals surface area (Å²) in [6.45, 7) is 5.19. The number of para-hydroxylation sites is 1. The first-order chi connectivity index (χ1) is 17.5. The Labute approximate surface area is 217 Å². The van der Waals surface area contributed by atoms with Crippen molar-refractivity contribution >= 4 is 33.8 Å². The lowest BCUT2D eigenvalue weighted by molar-refractivity contribution is 0.0745. The zero-order chi connectivity index (χ0) is 25.1. The molecule has 0 radical (unpaired) electrons. The molecule has 1 amide bonds. The van der Waals surface area contributed by atoms with Gasteiger partial charge >= 0.3 is 0 Å². The topological polar surface area (TPSA) is 92.5 Å². The van der Waals surface area contributed by atoms with E-state index in [2.05, 4.69) is 16.3 Å². The Kier molecular flexibility index (Phi) is 7.41. The van der Waals surface area contributed by atoms with Crippen molar-refractivity contribution in [2.45, 2.75) is 52.0 Å². The van der Waals surface area contributed by atoms with E-state index in [4.69, 9.17) is 15.6 Å². The second-order valence-electron chi connectivity index (χ2n) is 9.98. The van der Waals surface area contributed by atoms with E-state index in [1.165, 1.54) is 10.4 Å². The highest BCUT2D eigenvalue weighted by Crippen LogP contribution is 2.41. The van der Waals surface area contributed by atoms with E-state index in [-0.39, 0.29) is 5.91 Å². The van der Waals surface area contributed by atoms with Gasteiger partial charge in [-0.1, -0.05) is 18.2 Å². The fourth-order valence-electron chi connectivity index (χ4n) is 5.37. The van der Waals surface area contributed by atoms with E-state index < -0.39 is 0 Å². The molecule has 2 aliphatic heterocycles. The van der Waals surface area contributed by atoms with Crippen LogP contribution in [0.25, 0.3) is 0 Å². The Bertz CT molecular complexity index is 1180. The van der Waals surface area contributed by atoms with Crippen molar-refractivity contribution in [1.29, 1.82) is 10.8 Å². The average molecular weight is 506 g/mol. The van der Waals surface area contributed by atoms with Gasteiger partial charge in [0.1, 0.15) is 16.6 Å². The molecule has 0 unspecified atom stereocenters. The summed E-state index contributed by atoms with van der Waals surface area (Å²) in [5.74, 6) is 2.08. The number of carbonyl (C=O) groups excluding carboxylic acids is 1. The van der Waals surface area contributed by atoms with E-state index in [9.17, 15) is 4.79 Å².